The van der Waals surface area contributed by atoms with Crippen LogP contribution in [0.5, 0.6) is 0 Å². The van der Waals surface area contributed by atoms with E-state index in [-0.39, 0.29) is 0 Å². The van der Waals surface area contributed by atoms with Crippen LogP contribution in [0.2, 0.25) is 0 Å². The largest absolute Gasteiger partial charge is 0.389 e. The van der Waals surface area contributed by atoms with Crippen molar-refractivity contribution in [3.63, 3.8) is 0 Å². The van der Waals surface area contributed by atoms with Crippen molar-refractivity contribution in [2.45, 2.75) is 32.7 Å². The normalized spacial score (nSPS) is 14.9. The third kappa shape index (κ3) is 2.19. The van der Waals surface area contributed by atoms with Gasteiger partial charge in [0.15, 0.2) is 0 Å². The van der Waals surface area contributed by atoms with Crippen LogP contribution in [0.3, 0.4) is 0 Å². The highest BCUT2D eigenvalue weighted by Gasteiger charge is 2.29. The molecule has 1 aromatic carbocycles. The van der Waals surface area contributed by atoms with Crippen molar-refractivity contribution in [1.29, 1.82) is 0 Å². The molecule has 0 amide bonds. The molecule has 2 nitrogen and oxygen atoms in total. The summed E-state index contributed by atoms with van der Waals surface area (Å²) in [5, 5.41) is 0. The average molecular weight is 234 g/mol. The Morgan fingerprint density at radius 2 is 2.19 bits per heavy atom. The molecule has 16 heavy (non-hydrogen) atoms. The second-order valence-electron chi connectivity index (χ2n) is 4.40. The van der Waals surface area contributed by atoms with Gasteiger partial charge in [0.05, 0.1) is 0 Å². The van der Waals surface area contributed by atoms with Crippen molar-refractivity contribution in [1.82, 2.24) is 0 Å². The first-order valence-electron chi connectivity index (χ1n) is 5.80. The van der Waals surface area contributed by atoms with Gasteiger partial charge in [-0.1, -0.05) is 23.8 Å². The van der Waals surface area contributed by atoms with Gasteiger partial charge in [0.1, 0.15) is 4.99 Å². The lowest BCUT2D eigenvalue weighted by molar-refractivity contribution is 0.825. The van der Waals surface area contributed by atoms with E-state index in [0.717, 1.165) is 12.1 Å². The average Bonchev–Trinajstić information content (AvgIpc) is 3.05. The topological polar surface area (TPSA) is 29.3 Å². The molecule has 0 heterocycles. The molecule has 2 N–H and O–H groups in total. The molecule has 3 heteroatoms. The fourth-order valence-corrected chi connectivity index (χ4v) is 2.27. The monoisotopic (exact) mass is 234 g/mol. The van der Waals surface area contributed by atoms with Crippen LogP contribution in [0.4, 0.5) is 5.69 Å². The van der Waals surface area contributed by atoms with Crippen molar-refractivity contribution in [3.05, 3.63) is 29.3 Å². The molecule has 1 aliphatic rings. The molecule has 1 aromatic rings. The Balaban J connectivity index is 2.41. The summed E-state index contributed by atoms with van der Waals surface area (Å²) in [7, 11) is 0. The fourth-order valence-electron chi connectivity index (χ4n) is 2.11. The third-order valence-corrected chi connectivity index (χ3v) is 3.28. The molecular weight excluding hydrogens is 216 g/mol. The predicted molar refractivity (Wildman–Crippen MR) is 73.1 cm³/mol. The SMILES string of the molecule is CCN(c1ccc(C)cc1C(N)=S)C1CC1. The van der Waals surface area contributed by atoms with Gasteiger partial charge in [0, 0.05) is 23.8 Å². The number of nitrogens with two attached hydrogens (primary N) is 1. The predicted octanol–water partition coefficient (Wildman–Crippen LogP) is 2.62. The number of aryl methyl sites for hydroxylation is 1. The number of hydrogen-bond donors (Lipinski definition) is 1. The van der Waals surface area contributed by atoms with E-state index in [2.05, 4.69) is 36.9 Å². The summed E-state index contributed by atoms with van der Waals surface area (Å²) in [6, 6.07) is 7.05. The molecule has 0 aromatic heterocycles. The van der Waals surface area contributed by atoms with E-state index in [4.69, 9.17) is 18.0 Å². The Morgan fingerprint density at radius 3 is 2.69 bits per heavy atom. The summed E-state index contributed by atoms with van der Waals surface area (Å²) in [5.41, 5.74) is 9.22. The van der Waals surface area contributed by atoms with Crippen molar-refractivity contribution >= 4 is 22.9 Å². The highest BCUT2D eigenvalue weighted by Crippen LogP contribution is 2.33. The molecule has 0 atom stereocenters. The molecule has 0 saturated heterocycles. The summed E-state index contributed by atoms with van der Waals surface area (Å²) >= 11 is 5.13. The highest BCUT2D eigenvalue weighted by atomic mass is 32.1. The summed E-state index contributed by atoms with van der Waals surface area (Å²) in [4.78, 5) is 2.91. The van der Waals surface area contributed by atoms with E-state index in [9.17, 15) is 0 Å². The first-order chi connectivity index (χ1) is 7.63. The lowest BCUT2D eigenvalue weighted by Crippen LogP contribution is -2.28. The molecule has 0 bridgehead atoms. The molecular formula is C13H18N2S. The van der Waals surface area contributed by atoms with Gasteiger partial charge in [-0.05, 0) is 38.8 Å². The van der Waals surface area contributed by atoms with Gasteiger partial charge in [-0.3, -0.25) is 0 Å². The smallest absolute Gasteiger partial charge is 0.106 e. The first kappa shape index (κ1) is 11.4. The minimum atomic E-state index is 0.498. The van der Waals surface area contributed by atoms with Crippen LogP contribution in [0, 0.1) is 6.92 Å². The van der Waals surface area contributed by atoms with Crippen molar-refractivity contribution in [2.24, 2.45) is 5.73 Å². The molecule has 0 aliphatic heterocycles. The maximum absolute atomic E-state index is 5.80. The maximum atomic E-state index is 5.80. The summed E-state index contributed by atoms with van der Waals surface area (Å²) in [5.74, 6) is 0. The Hall–Kier alpha value is -1.09. The van der Waals surface area contributed by atoms with E-state index in [1.54, 1.807) is 0 Å². The van der Waals surface area contributed by atoms with Gasteiger partial charge >= 0.3 is 0 Å². The number of rotatable bonds is 4. The lowest BCUT2D eigenvalue weighted by atomic mass is 10.1. The number of hydrogen-bond acceptors (Lipinski definition) is 2. The minimum Gasteiger partial charge on any atom is -0.389 e. The van der Waals surface area contributed by atoms with E-state index < -0.39 is 0 Å². The van der Waals surface area contributed by atoms with E-state index in [1.165, 1.54) is 24.1 Å². The summed E-state index contributed by atoms with van der Waals surface area (Å²) in [6.07, 6.45) is 2.58. The second-order valence-corrected chi connectivity index (χ2v) is 4.84. The molecule has 1 saturated carbocycles. The first-order valence-corrected chi connectivity index (χ1v) is 6.21. The minimum absolute atomic E-state index is 0.498. The van der Waals surface area contributed by atoms with Gasteiger partial charge in [-0.25, -0.2) is 0 Å². The van der Waals surface area contributed by atoms with Crippen LogP contribution in [-0.2, 0) is 0 Å². The fraction of sp³-hybridized carbons (Fsp3) is 0.462. The third-order valence-electron chi connectivity index (χ3n) is 3.06. The van der Waals surface area contributed by atoms with Gasteiger partial charge in [-0.15, -0.1) is 0 Å². The Bertz CT molecular complexity index is 410. The zero-order valence-electron chi connectivity index (χ0n) is 9.86. The molecule has 86 valence electrons. The summed E-state index contributed by atoms with van der Waals surface area (Å²) < 4.78 is 0. The van der Waals surface area contributed by atoms with Gasteiger partial charge < -0.3 is 10.6 Å². The summed E-state index contributed by atoms with van der Waals surface area (Å²) in [6.45, 7) is 5.27. The van der Waals surface area contributed by atoms with E-state index >= 15 is 0 Å². The van der Waals surface area contributed by atoms with Crippen LogP contribution in [0.25, 0.3) is 0 Å². The van der Waals surface area contributed by atoms with E-state index in [1.807, 2.05) is 0 Å². The molecule has 0 unspecified atom stereocenters. The van der Waals surface area contributed by atoms with Gasteiger partial charge in [-0.2, -0.15) is 0 Å². The molecule has 1 aliphatic carbocycles. The second kappa shape index (κ2) is 4.42. The van der Waals surface area contributed by atoms with Crippen molar-refractivity contribution < 1.29 is 0 Å². The van der Waals surface area contributed by atoms with E-state index in [0.29, 0.717) is 11.0 Å². The lowest BCUT2D eigenvalue weighted by Gasteiger charge is -2.25. The number of nitrogens with zero attached hydrogens (tertiary/aromatic N) is 1. The van der Waals surface area contributed by atoms with Gasteiger partial charge in [0.25, 0.3) is 0 Å². The number of anilines is 1. The maximum Gasteiger partial charge on any atom is 0.106 e. The molecule has 0 spiro atoms. The number of benzene rings is 1. The van der Waals surface area contributed by atoms with Crippen LogP contribution in [-0.4, -0.2) is 17.6 Å². The highest BCUT2D eigenvalue weighted by molar-refractivity contribution is 7.80. The van der Waals surface area contributed by atoms with Crippen LogP contribution in [0.15, 0.2) is 18.2 Å². The van der Waals surface area contributed by atoms with Crippen molar-refractivity contribution in [2.75, 3.05) is 11.4 Å². The van der Waals surface area contributed by atoms with Crippen LogP contribution < -0.4 is 10.6 Å². The molecule has 0 radical (unpaired) electrons. The Labute approximate surface area is 102 Å². The Morgan fingerprint density at radius 1 is 1.50 bits per heavy atom. The van der Waals surface area contributed by atoms with Crippen LogP contribution in [0.1, 0.15) is 30.9 Å². The molecule has 1 fully saturated rings. The quantitative estimate of drug-likeness (QED) is 0.812. The van der Waals surface area contributed by atoms with Gasteiger partial charge in [0.2, 0.25) is 0 Å². The van der Waals surface area contributed by atoms with Crippen molar-refractivity contribution in [3.8, 4) is 0 Å². The van der Waals surface area contributed by atoms with Crippen LogP contribution >= 0.6 is 12.2 Å². The Kier molecular flexibility index (Phi) is 3.15. The zero-order valence-corrected chi connectivity index (χ0v) is 10.7. The zero-order chi connectivity index (χ0) is 11.7. The standard InChI is InChI=1S/C13H18N2S/c1-3-15(10-5-6-10)12-7-4-9(2)8-11(12)13(14)16/h4,7-8,10H,3,5-6H2,1-2H3,(H2,14,16). The molecule has 2 rings (SSSR count). The number of thiocarbonyl (C=S) groups is 1.